The van der Waals surface area contributed by atoms with Gasteiger partial charge in [0.15, 0.2) is 0 Å². The van der Waals surface area contributed by atoms with Crippen molar-refractivity contribution in [3.8, 4) is 0 Å². The topological polar surface area (TPSA) is 32.3 Å². The highest BCUT2D eigenvalue weighted by Gasteiger charge is 2.50. The molecule has 1 aliphatic carbocycles. The summed E-state index contributed by atoms with van der Waals surface area (Å²) in [6, 6.07) is 0.476. The predicted octanol–water partition coefficient (Wildman–Crippen LogP) is 4.16. The number of carbonyl (C=O) groups excluding carboxylic acids is 1. The van der Waals surface area contributed by atoms with Crippen LogP contribution in [0, 0.1) is 16.2 Å². The largest absolute Gasteiger partial charge is 0.321 e. The van der Waals surface area contributed by atoms with Crippen LogP contribution in [-0.2, 0) is 0 Å². The fourth-order valence-corrected chi connectivity index (χ4v) is 4.14. The summed E-state index contributed by atoms with van der Waals surface area (Å²) in [4.78, 5) is 14.4. The molecule has 2 unspecified atom stereocenters. The number of nitrogens with zero attached hydrogens (tertiary/aromatic N) is 1. The molecule has 2 aliphatic rings. The number of urea groups is 1. The second-order valence-electron chi connectivity index (χ2n) is 8.99. The number of hydrogen-bond acceptors (Lipinski definition) is 1. The van der Waals surface area contributed by atoms with Gasteiger partial charge in [0.05, 0.1) is 0 Å². The van der Waals surface area contributed by atoms with E-state index in [9.17, 15) is 4.79 Å². The molecule has 114 valence electrons. The van der Waals surface area contributed by atoms with Crippen molar-refractivity contribution < 1.29 is 4.79 Å². The van der Waals surface area contributed by atoms with E-state index >= 15 is 0 Å². The Labute approximate surface area is 123 Å². The Kier molecular flexibility index (Phi) is 3.68. The first-order chi connectivity index (χ1) is 9.00. The Morgan fingerprint density at radius 3 is 2.50 bits per heavy atom. The molecular formula is C17H30N2O. The molecule has 0 radical (unpaired) electrons. The van der Waals surface area contributed by atoms with Crippen molar-refractivity contribution in [3.63, 3.8) is 0 Å². The van der Waals surface area contributed by atoms with Crippen molar-refractivity contribution >= 4 is 6.03 Å². The molecule has 2 rings (SSSR count). The van der Waals surface area contributed by atoms with Crippen LogP contribution in [0.25, 0.3) is 0 Å². The maximum atomic E-state index is 12.4. The highest BCUT2D eigenvalue weighted by atomic mass is 16.2. The number of carbonyl (C=O) groups is 1. The van der Waals surface area contributed by atoms with Crippen molar-refractivity contribution in [2.45, 2.75) is 66.8 Å². The first-order valence-corrected chi connectivity index (χ1v) is 7.75. The number of nitrogens with one attached hydrogen (secondary N) is 1. The predicted molar refractivity (Wildman–Crippen MR) is 83.4 cm³/mol. The molecule has 2 amide bonds. The molecule has 2 bridgehead atoms. The minimum absolute atomic E-state index is 0.0666. The van der Waals surface area contributed by atoms with Crippen LogP contribution in [0.5, 0.6) is 0 Å². The molecule has 2 fully saturated rings. The lowest BCUT2D eigenvalue weighted by molar-refractivity contribution is 0.129. The van der Waals surface area contributed by atoms with Gasteiger partial charge < -0.3 is 10.2 Å². The van der Waals surface area contributed by atoms with Crippen molar-refractivity contribution in [2.75, 3.05) is 6.54 Å². The highest BCUT2D eigenvalue weighted by Crippen LogP contribution is 2.52. The maximum Gasteiger partial charge on any atom is 0.321 e. The normalized spacial score (nSPS) is 32.7. The van der Waals surface area contributed by atoms with Gasteiger partial charge in [-0.05, 0) is 35.5 Å². The third kappa shape index (κ3) is 3.56. The number of allylic oxidation sites excluding steroid dienone is 1. The van der Waals surface area contributed by atoms with E-state index in [1.807, 2.05) is 6.08 Å². The molecule has 3 heteroatoms. The maximum absolute atomic E-state index is 12.4. The fraction of sp³-hybridized carbons (Fsp3) is 0.824. The minimum Gasteiger partial charge on any atom is -0.321 e. The van der Waals surface area contributed by atoms with E-state index in [-0.39, 0.29) is 11.4 Å². The SMILES string of the molecule is CC(C)(C)/C=C/NC(=O)N1CC2(C)CC1CC(C)(C)C2. The average molecular weight is 278 g/mol. The molecule has 0 aromatic carbocycles. The Hall–Kier alpha value is -0.990. The summed E-state index contributed by atoms with van der Waals surface area (Å²) >= 11 is 0. The second-order valence-corrected chi connectivity index (χ2v) is 8.99. The molecular weight excluding hydrogens is 248 g/mol. The molecule has 1 saturated carbocycles. The van der Waals surface area contributed by atoms with Gasteiger partial charge >= 0.3 is 6.03 Å². The van der Waals surface area contributed by atoms with Crippen LogP contribution in [0.4, 0.5) is 4.79 Å². The van der Waals surface area contributed by atoms with E-state index in [0.29, 0.717) is 16.9 Å². The third-order valence-corrected chi connectivity index (χ3v) is 4.47. The van der Waals surface area contributed by atoms with E-state index in [1.165, 1.54) is 6.42 Å². The summed E-state index contributed by atoms with van der Waals surface area (Å²) in [5.74, 6) is 0. The number of rotatable bonds is 1. The second kappa shape index (κ2) is 4.78. The number of hydrogen-bond donors (Lipinski definition) is 1. The van der Waals surface area contributed by atoms with Crippen LogP contribution < -0.4 is 5.32 Å². The molecule has 20 heavy (non-hydrogen) atoms. The molecule has 1 aliphatic heterocycles. The fourth-order valence-electron chi connectivity index (χ4n) is 4.14. The molecule has 1 saturated heterocycles. The van der Waals surface area contributed by atoms with Gasteiger partial charge in [0.25, 0.3) is 0 Å². The first-order valence-electron chi connectivity index (χ1n) is 7.75. The van der Waals surface area contributed by atoms with Crippen LogP contribution in [-0.4, -0.2) is 23.5 Å². The van der Waals surface area contributed by atoms with Gasteiger partial charge in [0.2, 0.25) is 0 Å². The van der Waals surface area contributed by atoms with Crippen LogP contribution >= 0.6 is 0 Å². The van der Waals surface area contributed by atoms with Crippen LogP contribution in [0.3, 0.4) is 0 Å². The summed E-state index contributed by atoms with van der Waals surface area (Å²) in [6.45, 7) is 14.3. The Bertz CT molecular complexity index is 419. The lowest BCUT2D eigenvalue weighted by atomic mass is 9.65. The number of amides is 2. The Morgan fingerprint density at radius 1 is 1.25 bits per heavy atom. The van der Waals surface area contributed by atoms with Crippen LogP contribution in [0.2, 0.25) is 0 Å². The van der Waals surface area contributed by atoms with E-state index in [0.717, 1.165) is 19.4 Å². The van der Waals surface area contributed by atoms with Gasteiger partial charge in [0.1, 0.15) is 0 Å². The Morgan fingerprint density at radius 2 is 1.90 bits per heavy atom. The molecule has 1 heterocycles. The smallest absolute Gasteiger partial charge is 0.321 e. The van der Waals surface area contributed by atoms with Crippen LogP contribution in [0.1, 0.15) is 60.8 Å². The van der Waals surface area contributed by atoms with Gasteiger partial charge in [-0.3, -0.25) is 0 Å². The summed E-state index contributed by atoms with van der Waals surface area (Å²) in [6.07, 6.45) is 7.35. The monoisotopic (exact) mass is 278 g/mol. The van der Waals surface area contributed by atoms with Gasteiger partial charge in [-0.1, -0.05) is 47.6 Å². The van der Waals surface area contributed by atoms with Crippen LogP contribution in [0.15, 0.2) is 12.3 Å². The summed E-state index contributed by atoms with van der Waals surface area (Å²) in [7, 11) is 0. The van der Waals surface area contributed by atoms with Crippen molar-refractivity contribution in [1.82, 2.24) is 10.2 Å². The minimum atomic E-state index is 0.0666. The zero-order valence-electron chi connectivity index (χ0n) is 13.9. The molecule has 3 nitrogen and oxygen atoms in total. The number of likely N-dealkylation sites (tertiary alicyclic amines) is 1. The summed E-state index contributed by atoms with van der Waals surface area (Å²) < 4.78 is 0. The van der Waals surface area contributed by atoms with E-state index in [1.54, 1.807) is 6.20 Å². The lowest BCUT2D eigenvalue weighted by Gasteiger charge is -2.39. The summed E-state index contributed by atoms with van der Waals surface area (Å²) in [5, 5.41) is 2.94. The molecule has 0 aromatic heterocycles. The molecule has 0 spiro atoms. The molecule has 0 aromatic rings. The summed E-state index contributed by atoms with van der Waals surface area (Å²) in [5.41, 5.74) is 0.758. The molecule has 2 atom stereocenters. The van der Waals surface area contributed by atoms with Gasteiger partial charge in [-0.15, -0.1) is 0 Å². The van der Waals surface area contributed by atoms with Crippen molar-refractivity contribution in [2.24, 2.45) is 16.2 Å². The van der Waals surface area contributed by atoms with E-state index < -0.39 is 0 Å². The molecule has 1 N–H and O–H groups in total. The quantitative estimate of drug-likeness (QED) is 0.767. The first kappa shape index (κ1) is 15.4. The zero-order valence-corrected chi connectivity index (χ0v) is 13.9. The van der Waals surface area contributed by atoms with Gasteiger partial charge in [-0.25, -0.2) is 4.79 Å². The average Bonchev–Trinajstić information content (AvgIpc) is 2.45. The standard InChI is InChI=1S/C17H30N2O/c1-15(2,3)7-8-18-14(20)19-12-17(6)10-13(19)9-16(4,5)11-17/h7-8,13H,9-12H2,1-6H3,(H,18,20)/b8-7+. The van der Waals surface area contributed by atoms with Gasteiger partial charge in [-0.2, -0.15) is 0 Å². The van der Waals surface area contributed by atoms with E-state index in [4.69, 9.17) is 0 Å². The van der Waals surface area contributed by atoms with Gasteiger partial charge in [0, 0.05) is 18.8 Å². The Balaban J connectivity index is 2.01. The third-order valence-electron chi connectivity index (χ3n) is 4.47. The van der Waals surface area contributed by atoms with Crippen molar-refractivity contribution in [3.05, 3.63) is 12.3 Å². The lowest BCUT2D eigenvalue weighted by Crippen LogP contribution is -2.42. The number of fused-ring (bicyclic) bond motifs is 2. The van der Waals surface area contributed by atoms with Crippen molar-refractivity contribution in [1.29, 1.82) is 0 Å². The van der Waals surface area contributed by atoms with E-state index in [2.05, 4.69) is 51.8 Å². The zero-order chi connectivity index (χ0) is 15.2. The highest BCUT2D eigenvalue weighted by molar-refractivity contribution is 5.76.